The van der Waals surface area contributed by atoms with Gasteiger partial charge in [-0.05, 0) is 44.9 Å². The number of hydrogen-bond donors (Lipinski definition) is 2. The quantitative estimate of drug-likeness (QED) is 0.706. The van der Waals surface area contributed by atoms with E-state index in [2.05, 4.69) is 5.32 Å². The van der Waals surface area contributed by atoms with Gasteiger partial charge in [0.1, 0.15) is 17.5 Å². The summed E-state index contributed by atoms with van der Waals surface area (Å²) in [4.78, 5) is 25.4. The zero-order valence-electron chi connectivity index (χ0n) is 15.1. The van der Waals surface area contributed by atoms with E-state index in [0.29, 0.717) is 11.5 Å². The van der Waals surface area contributed by atoms with E-state index in [0.717, 1.165) is 18.4 Å². The Morgan fingerprint density at radius 2 is 1.96 bits per heavy atom. The van der Waals surface area contributed by atoms with Crippen LogP contribution in [-0.4, -0.2) is 54.7 Å². The first kappa shape index (κ1) is 19.1. The molecule has 1 aromatic rings. The smallest absolute Gasteiger partial charge is 0.320 e. The molecular weight excluding hydrogens is 324 g/mol. The largest absolute Gasteiger partial charge is 0.497 e. The molecule has 1 saturated carbocycles. The van der Waals surface area contributed by atoms with E-state index >= 15 is 0 Å². The highest BCUT2D eigenvalue weighted by Crippen LogP contribution is 2.30. The van der Waals surface area contributed by atoms with Gasteiger partial charge >= 0.3 is 5.97 Å². The number of carbonyl (C=O) groups is 2. The molecule has 2 N–H and O–H groups in total. The number of hydrogen-bond acceptors (Lipinski definition) is 5. The van der Waals surface area contributed by atoms with E-state index in [9.17, 15) is 14.7 Å². The summed E-state index contributed by atoms with van der Waals surface area (Å²) >= 11 is 0. The first-order chi connectivity index (χ1) is 11.9. The minimum Gasteiger partial charge on any atom is -0.497 e. The normalized spacial score (nSPS) is 16.2. The summed E-state index contributed by atoms with van der Waals surface area (Å²) in [5, 5.41) is 12.1. The molecule has 0 aliphatic heterocycles. The van der Waals surface area contributed by atoms with Gasteiger partial charge in [0.2, 0.25) is 5.91 Å². The Labute approximate surface area is 147 Å². The van der Waals surface area contributed by atoms with E-state index in [4.69, 9.17) is 9.47 Å². The number of amides is 1. The molecule has 1 fully saturated rings. The molecule has 2 rings (SSSR count). The van der Waals surface area contributed by atoms with Crippen LogP contribution in [0.5, 0.6) is 11.5 Å². The summed E-state index contributed by atoms with van der Waals surface area (Å²) in [6.45, 7) is 3.54. The van der Waals surface area contributed by atoms with Crippen LogP contribution in [0.25, 0.3) is 0 Å². The number of rotatable bonds is 9. The first-order valence-corrected chi connectivity index (χ1v) is 8.37. The Kier molecular flexibility index (Phi) is 6.25. The Bertz CT molecular complexity index is 630. The van der Waals surface area contributed by atoms with Gasteiger partial charge in [-0.25, -0.2) is 0 Å². The minimum atomic E-state index is -0.915. The Morgan fingerprint density at radius 1 is 1.28 bits per heavy atom. The number of carbonyl (C=O) groups excluding carboxylic acids is 1. The number of carboxylic acids is 1. The van der Waals surface area contributed by atoms with Crippen molar-refractivity contribution in [2.75, 3.05) is 20.8 Å². The maximum atomic E-state index is 12.4. The van der Waals surface area contributed by atoms with Gasteiger partial charge < -0.3 is 19.9 Å². The monoisotopic (exact) mass is 350 g/mol. The molecule has 0 radical (unpaired) electrons. The van der Waals surface area contributed by atoms with Gasteiger partial charge in [0.25, 0.3) is 0 Å². The molecule has 0 aromatic heterocycles. The van der Waals surface area contributed by atoms with E-state index in [1.54, 1.807) is 38.2 Å². The number of aliphatic carboxylic acids is 1. The molecule has 2 atom stereocenters. The molecule has 0 bridgehead atoms. The Balaban J connectivity index is 2.05. The maximum Gasteiger partial charge on any atom is 0.320 e. The van der Waals surface area contributed by atoms with Gasteiger partial charge in [0, 0.05) is 11.6 Å². The van der Waals surface area contributed by atoms with E-state index < -0.39 is 12.0 Å². The van der Waals surface area contributed by atoms with Crippen molar-refractivity contribution in [3.8, 4) is 11.5 Å². The number of benzene rings is 1. The number of nitrogens with one attached hydrogen (secondary N) is 1. The van der Waals surface area contributed by atoms with Crippen LogP contribution in [0.4, 0.5) is 0 Å². The molecule has 138 valence electrons. The molecule has 2 unspecified atom stereocenters. The first-order valence-electron chi connectivity index (χ1n) is 8.37. The molecule has 25 heavy (non-hydrogen) atoms. The maximum absolute atomic E-state index is 12.4. The van der Waals surface area contributed by atoms with Crippen molar-refractivity contribution in [2.45, 2.75) is 44.8 Å². The van der Waals surface area contributed by atoms with Gasteiger partial charge in [-0.1, -0.05) is 0 Å². The predicted molar refractivity (Wildman–Crippen MR) is 92.9 cm³/mol. The molecule has 7 nitrogen and oxygen atoms in total. The molecule has 1 aromatic carbocycles. The summed E-state index contributed by atoms with van der Waals surface area (Å²) in [7, 11) is 3.15. The highest BCUT2D eigenvalue weighted by atomic mass is 16.5. The van der Waals surface area contributed by atoms with Crippen LogP contribution < -0.4 is 14.8 Å². The topological polar surface area (TPSA) is 88.1 Å². The molecular formula is C18H26N2O5. The third-order valence-corrected chi connectivity index (χ3v) is 4.48. The highest BCUT2D eigenvalue weighted by Gasteiger charge is 2.36. The standard InChI is InChI=1S/C18H26N2O5/c1-11(15-9-14(24-3)7-8-16(15)25-4)19-17(21)10-20(13-5-6-13)12(2)18(22)23/h7-9,11-13H,5-6,10H2,1-4H3,(H,19,21)(H,22,23). The average molecular weight is 350 g/mol. The average Bonchev–Trinajstić information content (AvgIpc) is 3.43. The fourth-order valence-electron chi connectivity index (χ4n) is 2.84. The second-order valence-corrected chi connectivity index (χ2v) is 6.31. The SMILES string of the molecule is COc1ccc(OC)c(C(C)NC(=O)CN(C2CC2)C(C)C(=O)O)c1. The highest BCUT2D eigenvalue weighted by molar-refractivity contribution is 5.80. The predicted octanol–water partition coefficient (Wildman–Crippen LogP) is 1.82. The zero-order valence-corrected chi connectivity index (χ0v) is 15.1. The van der Waals surface area contributed by atoms with Gasteiger partial charge in [-0.15, -0.1) is 0 Å². The third-order valence-electron chi connectivity index (χ3n) is 4.48. The summed E-state index contributed by atoms with van der Waals surface area (Å²) in [6, 6.07) is 4.61. The van der Waals surface area contributed by atoms with E-state index in [1.807, 2.05) is 13.0 Å². The summed E-state index contributed by atoms with van der Waals surface area (Å²) in [5.41, 5.74) is 0.805. The van der Waals surface area contributed by atoms with Crippen LogP contribution in [-0.2, 0) is 9.59 Å². The number of nitrogens with zero attached hydrogens (tertiary/aromatic N) is 1. The fourth-order valence-corrected chi connectivity index (χ4v) is 2.84. The van der Waals surface area contributed by atoms with Crippen molar-refractivity contribution in [2.24, 2.45) is 0 Å². The Hall–Kier alpha value is -2.28. The van der Waals surface area contributed by atoms with Crippen molar-refractivity contribution in [3.63, 3.8) is 0 Å². The van der Waals surface area contributed by atoms with Crippen LogP contribution >= 0.6 is 0 Å². The Morgan fingerprint density at radius 3 is 2.48 bits per heavy atom. The van der Waals surface area contributed by atoms with E-state index in [1.165, 1.54) is 0 Å². The van der Waals surface area contributed by atoms with Gasteiger partial charge in [0.05, 0.1) is 26.8 Å². The molecule has 1 aliphatic carbocycles. The summed E-state index contributed by atoms with van der Waals surface area (Å²) in [6.07, 6.45) is 1.87. The van der Waals surface area contributed by atoms with Crippen LogP contribution in [0.2, 0.25) is 0 Å². The molecule has 0 spiro atoms. The number of methoxy groups -OCH3 is 2. The van der Waals surface area contributed by atoms with Crippen molar-refractivity contribution in [1.82, 2.24) is 10.2 Å². The molecule has 1 amide bonds. The van der Waals surface area contributed by atoms with Gasteiger partial charge in [-0.2, -0.15) is 0 Å². The molecule has 0 heterocycles. The second-order valence-electron chi connectivity index (χ2n) is 6.31. The lowest BCUT2D eigenvalue weighted by Crippen LogP contribution is -2.46. The van der Waals surface area contributed by atoms with Crippen molar-refractivity contribution >= 4 is 11.9 Å². The number of ether oxygens (including phenoxy) is 2. The lowest BCUT2D eigenvalue weighted by Gasteiger charge is -2.26. The van der Waals surface area contributed by atoms with Crippen molar-refractivity contribution < 1.29 is 24.2 Å². The van der Waals surface area contributed by atoms with Gasteiger partial charge in [-0.3, -0.25) is 14.5 Å². The van der Waals surface area contributed by atoms with Crippen molar-refractivity contribution in [1.29, 1.82) is 0 Å². The number of carboxylic acid groups (broad SMARTS) is 1. The zero-order chi connectivity index (χ0) is 18.6. The van der Waals surface area contributed by atoms with Crippen LogP contribution in [0.3, 0.4) is 0 Å². The second kappa shape index (κ2) is 8.20. The lowest BCUT2D eigenvalue weighted by molar-refractivity contribution is -0.143. The summed E-state index contributed by atoms with van der Waals surface area (Å²) in [5.74, 6) is 0.210. The van der Waals surface area contributed by atoms with Crippen LogP contribution in [0.1, 0.15) is 38.3 Å². The summed E-state index contributed by atoms with van der Waals surface area (Å²) < 4.78 is 10.6. The van der Waals surface area contributed by atoms with Crippen molar-refractivity contribution in [3.05, 3.63) is 23.8 Å². The van der Waals surface area contributed by atoms with Crippen LogP contribution in [0, 0.1) is 0 Å². The minimum absolute atomic E-state index is 0.0642. The third kappa shape index (κ3) is 4.85. The van der Waals surface area contributed by atoms with Crippen LogP contribution in [0.15, 0.2) is 18.2 Å². The van der Waals surface area contributed by atoms with E-state index in [-0.39, 0.29) is 24.5 Å². The lowest BCUT2D eigenvalue weighted by atomic mass is 10.1. The molecule has 1 aliphatic rings. The van der Waals surface area contributed by atoms with Gasteiger partial charge in [0.15, 0.2) is 0 Å². The molecule has 7 heteroatoms. The molecule has 0 saturated heterocycles. The fraction of sp³-hybridized carbons (Fsp3) is 0.556.